The molecule has 0 spiro atoms. The summed E-state index contributed by atoms with van der Waals surface area (Å²) < 4.78 is 1.48. The number of hydrogen-bond acceptors (Lipinski definition) is 5. The lowest BCUT2D eigenvalue weighted by Gasteiger charge is -2.07. The highest BCUT2D eigenvalue weighted by atomic mass is 32.2. The summed E-state index contributed by atoms with van der Waals surface area (Å²) in [4.78, 5) is 24.1. The van der Waals surface area contributed by atoms with E-state index in [4.69, 9.17) is 5.26 Å². The summed E-state index contributed by atoms with van der Waals surface area (Å²) in [5, 5.41) is 18.6. The van der Waals surface area contributed by atoms with Crippen molar-refractivity contribution in [2.24, 2.45) is 0 Å². The van der Waals surface area contributed by atoms with Gasteiger partial charge in [0.05, 0.1) is 23.5 Å². The molecule has 26 heavy (non-hydrogen) atoms. The van der Waals surface area contributed by atoms with E-state index in [0.29, 0.717) is 23.0 Å². The summed E-state index contributed by atoms with van der Waals surface area (Å²) in [7, 11) is 0. The van der Waals surface area contributed by atoms with Crippen molar-refractivity contribution in [2.75, 3.05) is 11.1 Å². The predicted octanol–water partition coefficient (Wildman–Crippen LogP) is 2.22. The van der Waals surface area contributed by atoms with Crippen LogP contribution in [-0.4, -0.2) is 26.4 Å². The molecule has 0 unspecified atom stereocenters. The Kier molecular flexibility index (Phi) is 5.51. The summed E-state index contributed by atoms with van der Waals surface area (Å²) in [6.07, 6.45) is 0. The minimum absolute atomic E-state index is 0.0683. The molecule has 0 aliphatic heterocycles. The summed E-state index contributed by atoms with van der Waals surface area (Å²) in [6.45, 7) is 0.372. The molecule has 0 bridgehead atoms. The molecule has 7 nitrogen and oxygen atoms in total. The number of amides is 1. The Bertz CT molecular complexity index is 1000. The first kappa shape index (κ1) is 17.5. The van der Waals surface area contributed by atoms with Gasteiger partial charge in [0.25, 0.3) is 0 Å². The number of benzene rings is 2. The molecule has 1 aromatic heterocycles. The van der Waals surface area contributed by atoms with E-state index in [-0.39, 0.29) is 17.3 Å². The molecule has 0 radical (unpaired) electrons. The minimum Gasteiger partial charge on any atom is -0.324 e. The van der Waals surface area contributed by atoms with Crippen molar-refractivity contribution < 1.29 is 4.79 Å². The van der Waals surface area contributed by atoms with E-state index in [2.05, 4.69) is 15.5 Å². The molecule has 1 amide bonds. The number of nitrogens with zero attached hydrogens (tertiary/aromatic N) is 3. The fourth-order valence-corrected chi connectivity index (χ4v) is 3.07. The van der Waals surface area contributed by atoms with Crippen LogP contribution in [0.15, 0.2) is 64.5 Å². The Balaban J connectivity index is 1.66. The maximum Gasteiger partial charge on any atom is 0.344 e. The average molecular weight is 365 g/mol. The maximum atomic E-state index is 12.2. The number of aromatic nitrogens is 3. The third-order valence-electron chi connectivity index (χ3n) is 3.56. The SMILES string of the molecule is N#Cc1ccccc1NC(=O)CSc1n[nH]c(=O)n1Cc1ccccc1. The van der Waals surface area contributed by atoms with Crippen LogP contribution >= 0.6 is 11.8 Å². The fourth-order valence-electron chi connectivity index (χ4n) is 2.32. The minimum atomic E-state index is -0.327. The van der Waals surface area contributed by atoms with Crippen molar-refractivity contribution in [3.63, 3.8) is 0 Å². The highest BCUT2D eigenvalue weighted by Gasteiger charge is 2.13. The molecular weight excluding hydrogens is 350 g/mol. The molecule has 0 atom stereocenters. The van der Waals surface area contributed by atoms with Crippen molar-refractivity contribution in [3.8, 4) is 6.07 Å². The van der Waals surface area contributed by atoms with E-state index in [1.165, 1.54) is 4.57 Å². The first-order chi connectivity index (χ1) is 12.7. The number of nitrogens with one attached hydrogen (secondary N) is 2. The molecule has 130 valence electrons. The van der Waals surface area contributed by atoms with Crippen LogP contribution in [0.3, 0.4) is 0 Å². The highest BCUT2D eigenvalue weighted by molar-refractivity contribution is 7.99. The molecule has 0 saturated heterocycles. The maximum absolute atomic E-state index is 12.2. The molecule has 0 aliphatic carbocycles. The number of hydrogen-bond donors (Lipinski definition) is 2. The quantitative estimate of drug-likeness (QED) is 0.652. The summed E-state index contributed by atoms with van der Waals surface area (Å²) in [6, 6.07) is 18.3. The zero-order valence-corrected chi connectivity index (χ0v) is 14.5. The van der Waals surface area contributed by atoms with Crippen molar-refractivity contribution in [1.82, 2.24) is 14.8 Å². The lowest BCUT2D eigenvalue weighted by Crippen LogP contribution is -2.19. The molecule has 2 aromatic carbocycles. The molecule has 1 heterocycles. The van der Waals surface area contributed by atoms with Crippen molar-refractivity contribution >= 4 is 23.4 Å². The fraction of sp³-hybridized carbons (Fsp3) is 0.111. The van der Waals surface area contributed by atoms with Gasteiger partial charge in [-0.15, -0.1) is 5.10 Å². The number of nitriles is 1. The largest absolute Gasteiger partial charge is 0.344 e. The normalized spacial score (nSPS) is 10.3. The number of para-hydroxylation sites is 1. The Morgan fingerprint density at radius 2 is 1.92 bits per heavy atom. The second-order valence-electron chi connectivity index (χ2n) is 5.38. The summed E-state index contributed by atoms with van der Waals surface area (Å²) in [5.41, 5.74) is 1.49. The topological polar surface area (TPSA) is 104 Å². The second kappa shape index (κ2) is 8.18. The smallest absolute Gasteiger partial charge is 0.324 e. The predicted molar refractivity (Wildman–Crippen MR) is 98.9 cm³/mol. The van der Waals surface area contributed by atoms with Gasteiger partial charge in [-0.3, -0.25) is 9.36 Å². The molecule has 0 saturated carbocycles. The Labute approximate surface area is 153 Å². The summed E-state index contributed by atoms with van der Waals surface area (Å²) in [5.74, 6) is -0.210. The van der Waals surface area contributed by atoms with Crippen LogP contribution in [0.25, 0.3) is 0 Å². The van der Waals surface area contributed by atoms with Gasteiger partial charge in [0, 0.05) is 0 Å². The van der Waals surface area contributed by atoms with Crippen molar-refractivity contribution in [2.45, 2.75) is 11.7 Å². The highest BCUT2D eigenvalue weighted by Crippen LogP contribution is 2.17. The van der Waals surface area contributed by atoms with E-state index in [0.717, 1.165) is 17.3 Å². The summed E-state index contributed by atoms with van der Waals surface area (Å²) >= 11 is 1.15. The number of carbonyl (C=O) groups excluding carboxylic acids is 1. The number of carbonyl (C=O) groups is 1. The molecule has 3 rings (SSSR count). The monoisotopic (exact) mass is 365 g/mol. The lowest BCUT2D eigenvalue weighted by atomic mass is 10.2. The van der Waals surface area contributed by atoms with E-state index in [1.807, 2.05) is 36.4 Å². The molecule has 3 aromatic rings. The molecule has 2 N–H and O–H groups in total. The first-order valence-corrected chi connectivity index (χ1v) is 8.77. The Morgan fingerprint density at radius 1 is 1.19 bits per heavy atom. The molecule has 0 aliphatic rings. The van der Waals surface area contributed by atoms with Crippen LogP contribution in [0.5, 0.6) is 0 Å². The van der Waals surface area contributed by atoms with Crippen LogP contribution in [0.2, 0.25) is 0 Å². The van der Waals surface area contributed by atoms with Gasteiger partial charge in [0.15, 0.2) is 5.16 Å². The van der Waals surface area contributed by atoms with Gasteiger partial charge in [-0.05, 0) is 17.7 Å². The Hall–Kier alpha value is -3.31. The van der Waals surface area contributed by atoms with Gasteiger partial charge in [0.2, 0.25) is 5.91 Å². The third kappa shape index (κ3) is 4.20. The van der Waals surface area contributed by atoms with Crippen LogP contribution in [0.1, 0.15) is 11.1 Å². The van der Waals surface area contributed by atoms with Crippen molar-refractivity contribution in [3.05, 3.63) is 76.2 Å². The number of rotatable bonds is 6. The standard InChI is InChI=1S/C18H15N5O2S/c19-10-14-8-4-5-9-15(14)20-16(24)12-26-18-22-21-17(25)23(18)11-13-6-2-1-3-7-13/h1-9H,11-12H2,(H,20,24)(H,21,25). The van der Waals surface area contributed by atoms with Crippen LogP contribution in [0, 0.1) is 11.3 Å². The van der Waals surface area contributed by atoms with Gasteiger partial charge < -0.3 is 5.32 Å². The third-order valence-corrected chi connectivity index (χ3v) is 4.54. The van der Waals surface area contributed by atoms with E-state index < -0.39 is 0 Å². The zero-order valence-electron chi connectivity index (χ0n) is 13.7. The second-order valence-corrected chi connectivity index (χ2v) is 6.32. The van der Waals surface area contributed by atoms with Gasteiger partial charge in [-0.1, -0.05) is 54.2 Å². The Morgan fingerprint density at radius 3 is 2.69 bits per heavy atom. The van der Waals surface area contributed by atoms with Gasteiger partial charge in [-0.2, -0.15) is 5.26 Å². The lowest BCUT2D eigenvalue weighted by molar-refractivity contribution is -0.113. The zero-order chi connectivity index (χ0) is 18.4. The number of aromatic amines is 1. The van der Waals surface area contributed by atoms with Crippen LogP contribution in [-0.2, 0) is 11.3 Å². The van der Waals surface area contributed by atoms with Gasteiger partial charge >= 0.3 is 5.69 Å². The average Bonchev–Trinajstić information content (AvgIpc) is 3.01. The first-order valence-electron chi connectivity index (χ1n) is 7.78. The van der Waals surface area contributed by atoms with Gasteiger partial charge in [0.1, 0.15) is 6.07 Å². The van der Waals surface area contributed by atoms with E-state index in [1.54, 1.807) is 24.3 Å². The molecule has 8 heteroatoms. The number of thioether (sulfide) groups is 1. The number of H-pyrrole nitrogens is 1. The van der Waals surface area contributed by atoms with E-state index in [9.17, 15) is 9.59 Å². The van der Waals surface area contributed by atoms with Crippen LogP contribution in [0.4, 0.5) is 5.69 Å². The van der Waals surface area contributed by atoms with Crippen molar-refractivity contribution in [1.29, 1.82) is 5.26 Å². The molecular formula is C18H15N5O2S. The molecule has 0 fully saturated rings. The van der Waals surface area contributed by atoms with E-state index >= 15 is 0 Å². The van der Waals surface area contributed by atoms with Crippen LogP contribution < -0.4 is 11.0 Å². The van der Waals surface area contributed by atoms with Gasteiger partial charge in [-0.25, -0.2) is 9.89 Å². The number of anilines is 1.